The summed E-state index contributed by atoms with van der Waals surface area (Å²) in [5, 5.41) is 3.34. The molecule has 1 aromatic heterocycles. The van der Waals surface area contributed by atoms with E-state index < -0.39 is 11.7 Å². The molecule has 1 aromatic carbocycles. The van der Waals surface area contributed by atoms with Gasteiger partial charge in [-0.25, -0.2) is 4.98 Å². The molecule has 1 unspecified atom stereocenters. The van der Waals surface area contributed by atoms with E-state index in [4.69, 9.17) is 11.6 Å². The zero-order chi connectivity index (χ0) is 14.8. The maximum atomic E-state index is 12.7. The first-order valence-electron chi connectivity index (χ1n) is 5.92. The normalized spacial score (nSPS) is 13.1. The maximum absolute atomic E-state index is 12.7. The molecule has 20 heavy (non-hydrogen) atoms. The second-order valence-electron chi connectivity index (χ2n) is 4.33. The van der Waals surface area contributed by atoms with Crippen molar-refractivity contribution in [3.63, 3.8) is 0 Å². The van der Waals surface area contributed by atoms with Gasteiger partial charge in [0.15, 0.2) is 0 Å². The Bertz CT molecular complexity index is 599. The van der Waals surface area contributed by atoms with E-state index in [0.29, 0.717) is 16.5 Å². The van der Waals surface area contributed by atoms with Gasteiger partial charge in [-0.3, -0.25) is 0 Å². The number of aromatic nitrogens is 1. The third-order valence-electron chi connectivity index (χ3n) is 2.79. The fraction of sp³-hybridized carbons (Fsp3) is 0.214. The number of nitrogens with zero attached hydrogens (tertiary/aromatic N) is 1. The molecule has 0 saturated carbocycles. The van der Waals surface area contributed by atoms with Crippen molar-refractivity contribution < 1.29 is 13.2 Å². The molecule has 0 bridgehead atoms. The predicted octanol–water partition coefficient (Wildman–Crippen LogP) is 4.93. The fourth-order valence-corrected chi connectivity index (χ4v) is 1.94. The van der Waals surface area contributed by atoms with Crippen LogP contribution in [0.1, 0.15) is 24.1 Å². The van der Waals surface area contributed by atoms with Crippen LogP contribution in [-0.2, 0) is 6.18 Å². The van der Waals surface area contributed by atoms with Crippen molar-refractivity contribution in [2.45, 2.75) is 19.1 Å². The highest BCUT2D eigenvalue weighted by Gasteiger charge is 2.30. The minimum Gasteiger partial charge on any atom is -0.364 e. The highest BCUT2D eigenvalue weighted by molar-refractivity contribution is 6.29. The molecular formula is C14H12ClF3N2. The van der Waals surface area contributed by atoms with Gasteiger partial charge >= 0.3 is 6.18 Å². The second kappa shape index (κ2) is 5.71. The number of alkyl halides is 3. The van der Waals surface area contributed by atoms with Crippen LogP contribution in [0, 0.1) is 0 Å². The lowest BCUT2D eigenvalue weighted by Crippen LogP contribution is -2.10. The Kier molecular flexibility index (Phi) is 4.18. The molecule has 1 atom stereocenters. The van der Waals surface area contributed by atoms with Gasteiger partial charge in [0.05, 0.1) is 5.56 Å². The number of rotatable bonds is 3. The Morgan fingerprint density at radius 2 is 1.85 bits per heavy atom. The van der Waals surface area contributed by atoms with E-state index in [0.717, 1.165) is 12.1 Å². The average molecular weight is 301 g/mol. The first kappa shape index (κ1) is 14.7. The van der Waals surface area contributed by atoms with Crippen LogP contribution in [0.3, 0.4) is 0 Å². The Balaban J connectivity index is 2.19. The van der Waals surface area contributed by atoms with Gasteiger partial charge in [0.25, 0.3) is 0 Å². The largest absolute Gasteiger partial charge is 0.416 e. The van der Waals surface area contributed by atoms with Crippen LogP contribution < -0.4 is 5.32 Å². The molecule has 0 saturated heterocycles. The zero-order valence-corrected chi connectivity index (χ0v) is 11.3. The summed E-state index contributed by atoms with van der Waals surface area (Å²) in [5.74, 6) is 0.516. The lowest BCUT2D eigenvalue weighted by atomic mass is 10.0. The minimum absolute atomic E-state index is 0.316. The standard InChI is InChI=1S/C14H12ClF3N2/c1-9(19-13-7-3-6-12(15)20-13)10-4-2-5-11(8-10)14(16,17)18/h2-9H,1H3,(H,19,20). The Morgan fingerprint density at radius 3 is 2.50 bits per heavy atom. The topological polar surface area (TPSA) is 24.9 Å². The van der Waals surface area contributed by atoms with Crippen molar-refractivity contribution in [3.8, 4) is 0 Å². The average Bonchev–Trinajstić information content (AvgIpc) is 2.38. The van der Waals surface area contributed by atoms with E-state index in [2.05, 4.69) is 10.3 Å². The molecule has 1 N–H and O–H groups in total. The predicted molar refractivity (Wildman–Crippen MR) is 72.7 cm³/mol. The van der Waals surface area contributed by atoms with Crippen molar-refractivity contribution >= 4 is 17.4 Å². The van der Waals surface area contributed by atoms with Crippen LogP contribution in [0.25, 0.3) is 0 Å². The number of anilines is 1. The summed E-state index contributed by atoms with van der Waals surface area (Å²) >= 11 is 5.76. The molecule has 2 rings (SSSR count). The number of hydrogen-bond acceptors (Lipinski definition) is 2. The lowest BCUT2D eigenvalue weighted by molar-refractivity contribution is -0.137. The number of benzene rings is 1. The second-order valence-corrected chi connectivity index (χ2v) is 4.72. The number of halogens is 4. The van der Waals surface area contributed by atoms with Gasteiger partial charge in [-0.2, -0.15) is 13.2 Å². The van der Waals surface area contributed by atoms with E-state index in [-0.39, 0.29) is 6.04 Å². The summed E-state index contributed by atoms with van der Waals surface area (Å²) in [7, 11) is 0. The highest BCUT2D eigenvalue weighted by Crippen LogP contribution is 2.31. The maximum Gasteiger partial charge on any atom is 0.416 e. The molecule has 0 radical (unpaired) electrons. The molecule has 0 aliphatic carbocycles. The van der Waals surface area contributed by atoms with Gasteiger partial charge in [-0.15, -0.1) is 0 Å². The van der Waals surface area contributed by atoms with Crippen molar-refractivity contribution in [2.75, 3.05) is 5.32 Å². The molecule has 0 spiro atoms. The smallest absolute Gasteiger partial charge is 0.364 e. The van der Waals surface area contributed by atoms with Gasteiger partial charge in [0.2, 0.25) is 0 Å². The summed E-state index contributed by atoms with van der Waals surface area (Å²) in [5.41, 5.74) is -0.135. The van der Waals surface area contributed by atoms with Gasteiger partial charge < -0.3 is 5.32 Å². The zero-order valence-electron chi connectivity index (χ0n) is 10.6. The molecule has 2 nitrogen and oxygen atoms in total. The monoisotopic (exact) mass is 300 g/mol. The van der Waals surface area contributed by atoms with Crippen molar-refractivity contribution in [1.29, 1.82) is 0 Å². The molecule has 6 heteroatoms. The summed E-state index contributed by atoms with van der Waals surface area (Å²) in [6.45, 7) is 1.76. The van der Waals surface area contributed by atoms with E-state index >= 15 is 0 Å². The van der Waals surface area contributed by atoms with E-state index in [1.54, 1.807) is 31.2 Å². The lowest BCUT2D eigenvalue weighted by Gasteiger charge is -2.16. The summed E-state index contributed by atoms with van der Waals surface area (Å²) in [6.07, 6.45) is -4.34. The van der Waals surface area contributed by atoms with Crippen molar-refractivity contribution in [1.82, 2.24) is 4.98 Å². The molecule has 0 fully saturated rings. The number of nitrogens with one attached hydrogen (secondary N) is 1. The van der Waals surface area contributed by atoms with E-state index in [1.165, 1.54) is 6.07 Å². The van der Waals surface area contributed by atoms with Crippen LogP contribution in [-0.4, -0.2) is 4.98 Å². The van der Waals surface area contributed by atoms with Crippen molar-refractivity contribution in [2.24, 2.45) is 0 Å². The van der Waals surface area contributed by atoms with Crippen molar-refractivity contribution in [3.05, 3.63) is 58.7 Å². The molecule has 2 aromatic rings. The summed E-state index contributed by atoms with van der Waals surface area (Å²) in [4.78, 5) is 4.04. The number of hydrogen-bond donors (Lipinski definition) is 1. The highest BCUT2D eigenvalue weighted by atomic mass is 35.5. The fourth-order valence-electron chi connectivity index (χ4n) is 1.78. The molecule has 106 valence electrons. The van der Waals surface area contributed by atoms with Gasteiger partial charge in [0, 0.05) is 6.04 Å². The summed E-state index contributed by atoms with van der Waals surface area (Å²) in [6, 6.07) is 9.94. The third-order valence-corrected chi connectivity index (χ3v) is 3.00. The Hall–Kier alpha value is -1.75. The first-order valence-corrected chi connectivity index (χ1v) is 6.30. The SMILES string of the molecule is CC(Nc1cccc(Cl)n1)c1cccc(C(F)(F)F)c1. The molecule has 0 amide bonds. The molecular weight excluding hydrogens is 289 g/mol. The third kappa shape index (κ3) is 3.63. The summed E-state index contributed by atoms with van der Waals surface area (Å²) < 4.78 is 38.0. The first-order chi connectivity index (χ1) is 9.36. The van der Waals surface area contributed by atoms with Gasteiger partial charge in [0.1, 0.15) is 11.0 Å². The van der Waals surface area contributed by atoms with Gasteiger partial charge in [-0.1, -0.05) is 29.8 Å². The molecule has 1 heterocycles. The molecule has 0 aliphatic heterocycles. The van der Waals surface area contributed by atoms with Crippen LogP contribution in [0.4, 0.5) is 19.0 Å². The van der Waals surface area contributed by atoms with E-state index in [9.17, 15) is 13.2 Å². The Morgan fingerprint density at radius 1 is 1.15 bits per heavy atom. The number of pyridine rings is 1. The molecule has 0 aliphatic rings. The van der Waals surface area contributed by atoms with Crippen LogP contribution in [0.5, 0.6) is 0 Å². The van der Waals surface area contributed by atoms with Crippen LogP contribution in [0.15, 0.2) is 42.5 Å². The van der Waals surface area contributed by atoms with Crippen LogP contribution in [0.2, 0.25) is 5.15 Å². The van der Waals surface area contributed by atoms with Crippen LogP contribution >= 0.6 is 11.6 Å². The quantitative estimate of drug-likeness (QED) is 0.813. The van der Waals surface area contributed by atoms with Gasteiger partial charge in [-0.05, 0) is 36.8 Å². The Labute approximate surface area is 119 Å². The van der Waals surface area contributed by atoms with E-state index in [1.807, 2.05) is 0 Å². The minimum atomic E-state index is -4.34.